The van der Waals surface area contributed by atoms with Crippen LogP contribution in [-0.4, -0.2) is 35.3 Å². The van der Waals surface area contributed by atoms with Gasteiger partial charge in [0.15, 0.2) is 0 Å². The molecule has 12 heteroatoms. The first kappa shape index (κ1) is 88.9. The second kappa shape index (κ2) is 85.1. The standard InChI is InChI=1S/3C18H36O2.Al.Cu.3HI.K/c3*1-2-3-4-5-6-7-8-9-10-11-12-13-14-15-16-17-18(19)20;;;;;;/h3*2-17H2,1H3,(H,19,20);;;3*1H;/q;;;+3;+2;;;;+1/p-6. The van der Waals surface area contributed by atoms with Crippen molar-refractivity contribution in [2.45, 2.75) is 329 Å². The molecule has 0 saturated carbocycles. The molecule has 0 aliphatic carbocycles. The smallest absolute Gasteiger partial charge is 1.00 e. The van der Waals surface area contributed by atoms with Crippen molar-refractivity contribution in [3.63, 3.8) is 0 Å². The van der Waals surface area contributed by atoms with E-state index in [4.69, 9.17) is 0 Å². The van der Waals surface area contributed by atoms with Crippen LogP contribution in [0.3, 0.4) is 0 Å². The van der Waals surface area contributed by atoms with Crippen molar-refractivity contribution in [1.82, 2.24) is 0 Å². The molecule has 0 aromatic carbocycles. The van der Waals surface area contributed by atoms with Gasteiger partial charge in [0.25, 0.3) is 0 Å². The van der Waals surface area contributed by atoms with E-state index in [2.05, 4.69) is 20.8 Å². The predicted molar refractivity (Wildman–Crippen MR) is 259 cm³/mol. The van der Waals surface area contributed by atoms with E-state index in [0.717, 1.165) is 38.5 Å². The molecule has 0 fully saturated rings. The second-order valence-electron chi connectivity index (χ2n) is 18.2. The van der Waals surface area contributed by atoms with E-state index >= 15 is 0 Å². The van der Waals surface area contributed by atoms with Crippen molar-refractivity contribution in [2.75, 3.05) is 0 Å². The minimum atomic E-state index is -0.903. The number of unbranched alkanes of at least 4 members (excludes halogenated alkanes) is 42. The van der Waals surface area contributed by atoms with Crippen LogP contribution in [0.2, 0.25) is 0 Å². The van der Waals surface area contributed by atoms with Gasteiger partial charge < -0.3 is 102 Å². The zero-order valence-corrected chi connectivity index (χ0v) is 55.6. The molecule has 1 radical (unpaired) electrons. The molecule has 0 amide bonds. The van der Waals surface area contributed by atoms with Crippen molar-refractivity contribution >= 4 is 35.3 Å². The molecule has 6 nitrogen and oxygen atoms in total. The molecule has 0 spiro atoms. The van der Waals surface area contributed by atoms with Crippen LogP contribution >= 0.6 is 0 Å². The fourth-order valence-corrected chi connectivity index (χ4v) is 7.92. The van der Waals surface area contributed by atoms with E-state index in [1.807, 2.05) is 0 Å². The van der Waals surface area contributed by atoms with Gasteiger partial charge in [-0.3, -0.25) is 0 Å². The van der Waals surface area contributed by atoms with Gasteiger partial charge in [-0.2, -0.15) is 0 Å². The van der Waals surface area contributed by atoms with E-state index < -0.39 is 17.9 Å². The summed E-state index contributed by atoms with van der Waals surface area (Å²) in [5.74, 6) is -2.71. The molecule has 0 aromatic rings. The van der Waals surface area contributed by atoms with Crippen LogP contribution in [0.15, 0.2) is 0 Å². The van der Waals surface area contributed by atoms with Gasteiger partial charge in [0.1, 0.15) is 0 Å². The number of carbonyl (C=O) groups is 3. The summed E-state index contributed by atoms with van der Waals surface area (Å²) in [5, 5.41) is 30.7. The molecule has 0 aromatic heterocycles. The fraction of sp³-hybridized carbons (Fsp3) is 0.944. The minimum Gasteiger partial charge on any atom is -1.00 e. The average molecular weight is 1360 g/mol. The van der Waals surface area contributed by atoms with Crippen molar-refractivity contribution < 1.29 is 170 Å². The van der Waals surface area contributed by atoms with Gasteiger partial charge in [0, 0.05) is 17.9 Å². The molecule has 0 aliphatic rings. The molecular weight excluding hydrogens is 1250 g/mol. The van der Waals surface area contributed by atoms with Gasteiger partial charge in [-0.05, 0) is 38.5 Å². The molecule has 0 aliphatic heterocycles. The Labute approximate surface area is 527 Å². The first-order chi connectivity index (χ1) is 29.3. The van der Waals surface area contributed by atoms with Crippen LogP contribution in [-0.2, 0) is 31.5 Å². The topological polar surface area (TPSA) is 120 Å². The second-order valence-corrected chi connectivity index (χ2v) is 18.2. The maximum atomic E-state index is 10.2. The summed E-state index contributed by atoms with van der Waals surface area (Å²) in [6.45, 7) is 6.80. The number of hydrogen-bond acceptors (Lipinski definition) is 6. The van der Waals surface area contributed by atoms with Gasteiger partial charge in [0.05, 0.1) is 0 Å². The van der Waals surface area contributed by atoms with Crippen molar-refractivity contribution in [3.8, 4) is 0 Å². The Bertz CT molecular complexity index is 749. The normalized spacial score (nSPS) is 9.86. The maximum absolute atomic E-state index is 10.2. The Morgan fingerprint density at radius 2 is 0.333 bits per heavy atom. The number of aliphatic carboxylic acids is 3. The van der Waals surface area contributed by atoms with E-state index in [-0.39, 0.29) is 177 Å². The Hall–Kier alpha value is 3.29. The number of carboxylic acid groups (broad SMARTS) is 3. The number of carboxylic acids is 3. The van der Waals surface area contributed by atoms with Crippen molar-refractivity contribution in [3.05, 3.63) is 0 Å². The molecule has 393 valence electrons. The minimum absolute atomic E-state index is 0. The summed E-state index contributed by atoms with van der Waals surface area (Å²) in [6, 6.07) is 0. The molecule has 0 N–H and O–H groups in total. The molecule has 66 heavy (non-hydrogen) atoms. The van der Waals surface area contributed by atoms with Crippen molar-refractivity contribution in [1.29, 1.82) is 0 Å². The quantitative estimate of drug-likeness (QED) is 0.0526. The van der Waals surface area contributed by atoms with Gasteiger partial charge in [-0.15, -0.1) is 0 Å². The third kappa shape index (κ3) is 100. The first-order valence-corrected chi connectivity index (χ1v) is 26.9. The molecule has 0 atom stereocenters. The van der Waals surface area contributed by atoms with Crippen LogP contribution < -0.4 is 139 Å². The summed E-state index contributed by atoms with van der Waals surface area (Å²) in [5.41, 5.74) is 0. The number of halogens is 3. The number of carbonyl (C=O) groups excluding carboxylic acids is 3. The third-order valence-corrected chi connectivity index (χ3v) is 12.0. The van der Waals surface area contributed by atoms with Crippen LogP contribution in [0.1, 0.15) is 329 Å². The summed E-state index contributed by atoms with van der Waals surface area (Å²) in [6.07, 6.45) is 59.6. The molecular formula is C54H105AlCuI3KO6. The summed E-state index contributed by atoms with van der Waals surface area (Å²) in [7, 11) is 0. The van der Waals surface area contributed by atoms with Gasteiger partial charge >= 0.3 is 85.8 Å². The Kier molecular flexibility index (Phi) is 115. The SMILES string of the molecule is CCCCCCCCCCCCCCCCCC(=O)[O-].CCCCCCCCCCCCCCCCCC(=O)[O-].CCCCCCCCCCCCCCCCCC(=O)[O-].[Al+3].[Cu+2].[I-].[I-].[I-].[K+]. The molecule has 0 rings (SSSR count). The Morgan fingerprint density at radius 1 is 0.242 bits per heavy atom. The van der Waals surface area contributed by atoms with E-state index in [9.17, 15) is 29.7 Å². The molecule has 0 saturated heterocycles. The molecule has 0 bridgehead atoms. The number of hydrogen-bond donors (Lipinski definition) is 0. The van der Waals surface area contributed by atoms with E-state index in [1.165, 1.54) is 250 Å². The summed E-state index contributed by atoms with van der Waals surface area (Å²) >= 11 is 0. The van der Waals surface area contributed by atoms with Gasteiger partial charge in [-0.25, -0.2) is 0 Å². The largest absolute Gasteiger partial charge is 3.00 e. The van der Waals surface area contributed by atoms with E-state index in [1.54, 1.807) is 0 Å². The fourth-order valence-electron chi connectivity index (χ4n) is 7.92. The van der Waals surface area contributed by atoms with Gasteiger partial charge in [-0.1, -0.05) is 290 Å². The summed E-state index contributed by atoms with van der Waals surface area (Å²) < 4.78 is 0. The monoisotopic (exact) mass is 1360 g/mol. The predicted octanol–water partition coefficient (Wildman–Crippen LogP) is 2.63. The van der Waals surface area contributed by atoms with Gasteiger partial charge in [0.2, 0.25) is 0 Å². The third-order valence-electron chi connectivity index (χ3n) is 12.0. The first-order valence-electron chi connectivity index (χ1n) is 26.9. The number of rotatable bonds is 48. The average Bonchev–Trinajstić information content (AvgIpc) is 3.22. The molecule has 0 heterocycles. The summed E-state index contributed by atoms with van der Waals surface area (Å²) in [4.78, 5) is 30.7. The van der Waals surface area contributed by atoms with Crippen LogP contribution in [0.25, 0.3) is 0 Å². The zero-order valence-electron chi connectivity index (χ0n) is 43.9. The molecule has 0 unspecified atom stereocenters. The van der Waals surface area contributed by atoms with Crippen LogP contribution in [0.4, 0.5) is 0 Å². The maximum Gasteiger partial charge on any atom is 3.00 e. The van der Waals surface area contributed by atoms with Crippen molar-refractivity contribution in [2.24, 2.45) is 0 Å². The van der Waals surface area contributed by atoms with Crippen LogP contribution in [0, 0.1) is 0 Å². The Morgan fingerprint density at radius 3 is 0.424 bits per heavy atom. The van der Waals surface area contributed by atoms with Crippen LogP contribution in [0.5, 0.6) is 0 Å². The zero-order chi connectivity index (χ0) is 44.7. The Balaban J connectivity index is -0.000000101. The van der Waals surface area contributed by atoms with E-state index in [0.29, 0.717) is 0 Å².